The van der Waals surface area contributed by atoms with Crippen molar-refractivity contribution in [2.45, 2.75) is 0 Å². The van der Waals surface area contributed by atoms with E-state index >= 15 is 0 Å². The molecule has 0 aliphatic carbocycles. The fourth-order valence-electron chi connectivity index (χ4n) is 1.92. The van der Waals surface area contributed by atoms with E-state index in [0.717, 1.165) is 11.3 Å². The quantitative estimate of drug-likeness (QED) is 0.800. The Morgan fingerprint density at radius 3 is 2.77 bits per heavy atom. The van der Waals surface area contributed by atoms with Crippen LogP contribution >= 0.6 is 0 Å². The maximum Gasteiger partial charge on any atom is 0.260 e. The van der Waals surface area contributed by atoms with Crippen molar-refractivity contribution in [3.8, 4) is 17.0 Å². The zero-order chi connectivity index (χ0) is 15.4. The molecule has 0 unspecified atom stereocenters. The molecular formula is C16H13N3O3. The minimum absolute atomic E-state index is 0.294. The summed E-state index contributed by atoms with van der Waals surface area (Å²) in [6, 6.07) is 12.6. The molecule has 22 heavy (non-hydrogen) atoms. The number of nitrogens with one attached hydrogen (secondary N) is 1. The topological polar surface area (TPSA) is 77.2 Å². The molecule has 1 N–H and O–H groups in total. The summed E-state index contributed by atoms with van der Waals surface area (Å²) in [6.45, 7) is 0. The van der Waals surface area contributed by atoms with E-state index in [1.165, 1.54) is 12.5 Å². The van der Waals surface area contributed by atoms with Crippen LogP contribution in [0.4, 0.5) is 5.82 Å². The molecule has 1 amide bonds. The van der Waals surface area contributed by atoms with Gasteiger partial charge in [0.15, 0.2) is 5.82 Å². The Kier molecular flexibility index (Phi) is 3.82. The van der Waals surface area contributed by atoms with Gasteiger partial charge in [-0.05, 0) is 30.3 Å². The van der Waals surface area contributed by atoms with E-state index in [0.29, 0.717) is 17.1 Å². The van der Waals surface area contributed by atoms with Gasteiger partial charge in [-0.15, -0.1) is 10.2 Å². The molecule has 2 aromatic heterocycles. The number of furan rings is 1. The molecule has 0 fully saturated rings. The lowest BCUT2D eigenvalue weighted by Gasteiger charge is -2.05. The van der Waals surface area contributed by atoms with E-state index < -0.39 is 0 Å². The Labute approximate surface area is 126 Å². The van der Waals surface area contributed by atoms with Crippen LogP contribution in [-0.4, -0.2) is 23.2 Å². The summed E-state index contributed by atoms with van der Waals surface area (Å²) in [5, 5.41) is 10.8. The highest BCUT2D eigenvalue weighted by Gasteiger charge is 2.09. The van der Waals surface area contributed by atoms with E-state index in [4.69, 9.17) is 9.15 Å². The van der Waals surface area contributed by atoms with Crippen LogP contribution in [0.3, 0.4) is 0 Å². The van der Waals surface area contributed by atoms with Gasteiger partial charge in [-0.1, -0.05) is 12.1 Å². The van der Waals surface area contributed by atoms with Gasteiger partial charge in [0.1, 0.15) is 12.0 Å². The van der Waals surface area contributed by atoms with Crippen LogP contribution in [0.25, 0.3) is 11.3 Å². The van der Waals surface area contributed by atoms with Crippen LogP contribution in [0, 0.1) is 0 Å². The van der Waals surface area contributed by atoms with Crippen LogP contribution in [0.1, 0.15) is 10.4 Å². The van der Waals surface area contributed by atoms with Crippen molar-refractivity contribution in [2.75, 3.05) is 12.4 Å². The Hall–Kier alpha value is -3.15. The molecule has 0 saturated heterocycles. The van der Waals surface area contributed by atoms with Crippen molar-refractivity contribution < 1.29 is 13.9 Å². The first-order valence-corrected chi connectivity index (χ1v) is 6.58. The first-order valence-electron chi connectivity index (χ1n) is 6.58. The summed E-state index contributed by atoms with van der Waals surface area (Å²) in [5.41, 5.74) is 2.01. The second-order valence-corrected chi connectivity index (χ2v) is 4.50. The zero-order valence-corrected chi connectivity index (χ0v) is 11.8. The Balaban J connectivity index is 1.76. The van der Waals surface area contributed by atoms with E-state index in [1.807, 2.05) is 24.3 Å². The standard InChI is InChI=1S/C16H13N3O3/c1-21-13-4-2-3-11(9-13)14-5-6-15(19-18-14)17-16(20)12-7-8-22-10-12/h2-10H,1H3,(H,17,19,20). The lowest BCUT2D eigenvalue weighted by Crippen LogP contribution is -2.12. The molecule has 0 atom stereocenters. The zero-order valence-electron chi connectivity index (χ0n) is 11.8. The highest BCUT2D eigenvalue weighted by molar-refractivity contribution is 6.03. The number of rotatable bonds is 4. The van der Waals surface area contributed by atoms with Crippen LogP contribution in [0.15, 0.2) is 59.4 Å². The first kappa shape index (κ1) is 13.8. The molecule has 6 nitrogen and oxygen atoms in total. The molecule has 0 saturated carbocycles. The van der Waals surface area contributed by atoms with Gasteiger partial charge in [-0.3, -0.25) is 4.79 Å². The van der Waals surface area contributed by atoms with Crippen LogP contribution in [0.5, 0.6) is 5.75 Å². The predicted molar refractivity (Wildman–Crippen MR) is 80.7 cm³/mol. The lowest BCUT2D eigenvalue weighted by molar-refractivity contribution is 0.102. The molecule has 0 aliphatic rings. The Bertz CT molecular complexity index is 768. The molecule has 2 heterocycles. The SMILES string of the molecule is COc1cccc(-c2ccc(NC(=O)c3ccoc3)nn2)c1. The summed E-state index contributed by atoms with van der Waals surface area (Å²) in [7, 11) is 1.61. The molecular weight excluding hydrogens is 282 g/mol. The number of hydrogen-bond donors (Lipinski definition) is 1. The van der Waals surface area contributed by atoms with Crippen molar-refractivity contribution in [3.63, 3.8) is 0 Å². The van der Waals surface area contributed by atoms with Gasteiger partial charge in [-0.2, -0.15) is 0 Å². The van der Waals surface area contributed by atoms with Gasteiger partial charge in [0.05, 0.1) is 24.6 Å². The Morgan fingerprint density at radius 1 is 1.18 bits per heavy atom. The third kappa shape index (κ3) is 2.95. The van der Waals surface area contributed by atoms with E-state index in [-0.39, 0.29) is 5.91 Å². The van der Waals surface area contributed by atoms with Crippen molar-refractivity contribution in [3.05, 3.63) is 60.6 Å². The van der Waals surface area contributed by atoms with Crippen molar-refractivity contribution >= 4 is 11.7 Å². The molecule has 3 rings (SSSR count). The van der Waals surface area contributed by atoms with Crippen LogP contribution in [-0.2, 0) is 0 Å². The number of ether oxygens (including phenoxy) is 1. The minimum Gasteiger partial charge on any atom is -0.497 e. The molecule has 1 aromatic carbocycles. The monoisotopic (exact) mass is 295 g/mol. The molecule has 110 valence electrons. The summed E-state index contributed by atoms with van der Waals surface area (Å²) in [5.74, 6) is 0.826. The predicted octanol–water partition coefficient (Wildman–Crippen LogP) is 3.00. The molecule has 0 radical (unpaired) electrons. The summed E-state index contributed by atoms with van der Waals surface area (Å²) in [4.78, 5) is 11.9. The second kappa shape index (κ2) is 6.09. The molecule has 0 spiro atoms. The third-order valence-electron chi connectivity index (χ3n) is 3.06. The van der Waals surface area contributed by atoms with Crippen molar-refractivity contribution in [1.82, 2.24) is 10.2 Å². The second-order valence-electron chi connectivity index (χ2n) is 4.50. The smallest absolute Gasteiger partial charge is 0.260 e. The summed E-state index contributed by atoms with van der Waals surface area (Å²) < 4.78 is 10.0. The summed E-state index contributed by atoms with van der Waals surface area (Å²) >= 11 is 0. The number of hydrogen-bond acceptors (Lipinski definition) is 5. The van der Waals surface area contributed by atoms with Crippen LogP contribution < -0.4 is 10.1 Å². The van der Waals surface area contributed by atoms with E-state index in [2.05, 4.69) is 15.5 Å². The maximum absolute atomic E-state index is 11.9. The molecule has 0 bridgehead atoms. The molecule has 0 aliphatic heterocycles. The molecule has 3 aromatic rings. The maximum atomic E-state index is 11.9. The van der Waals surface area contributed by atoms with Gasteiger partial charge in [0.2, 0.25) is 0 Å². The highest BCUT2D eigenvalue weighted by Crippen LogP contribution is 2.22. The Morgan fingerprint density at radius 2 is 2.09 bits per heavy atom. The van der Waals surface area contributed by atoms with Gasteiger partial charge >= 0.3 is 0 Å². The molecule has 6 heteroatoms. The van der Waals surface area contributed by atoms with Gasteiger partial charge in [0.25, 0.3) is 5.91 Å². The number of methoxy groups -OCH3 is 1. The minimum atomic E-state index is -0.294. The van der Waals surface area contributed by atoms with Gasteiger partial charge in [-0.25, -0.2) is 0 Å². The van der Waals surface area contributed by atoms with Gasteiger partial charge in [0, 0.05) is 5.56 Å². The third-order valence-corrected chi connectivity index (χ3v) is 3.06. The summed E-state index contributed by atoms with van der Waals surface area (Å²) in [6.07, 6.45) is 2.81. The number of anilines is 1. The normalized spacial score (nSPS) is 10.2. The van der Waals surface area contributed by atoms with E-state index in [9.17, 15) is 4.79 Å². The van der Waals surface area contributed by atoms with Crippen LogP contribution in [0.2, 0.25) is 0 Å². The number of nitrogens with zero attached hydrogens (tertiary/aromatic N) is 2. The number of carbonyl (C=O) groups excluding carboxylic acids is 1. The number of aromatic nitrogens is 2. The first-order chi connectivity index (χ1) is 10.8. The fraction of sp³-hybridized carbons (Fsp3) is 0.0625. The number of benzene rings is 1. The average molecular weight is 295 g/mol. The van der Waals surface area contributed by atoms with Crippen molar-refractivity contribution in [1.29, 1.82) is 0 Å². The van der Waals surface area contributed by atoms with Gasteiger partial charge < -0.3 is 14.5 Å². The number of carbonyl (C=O) groups is 1. The fourth-order valence-corrected chi connectivity index (χ4v) is 1.92. The lowest BCUT2D eigenvalue weighted by atomic mass is 10.1. The van der Waals surface area contributed by atoms with Crippen molar-refractivity contribution in [2.24, 2.45) is 0 Å². The highest BCUT2D eigenvalue weighted by atomic mass is 16.5. The number of amides is 1. The average Bonchev–Trinajstić information content (AvgIpc) is 3.10. The van der Waals surface area contributed by atoms with E-state index in [1.54, 1.807) is 25.3 Å². The largest absolute Gasteiger partial charge is 0.497 e.